The number of methoxy groups -OCH3 is 1. The number of anilines is 2. The number of benzene rings is 3. The Morgan fingerprint density at radius 1 is 0.906 bits per heavy atom. The topological polar surface area (TPSA) is 58.6 Å². The van der Waals surface area contributed by atoms with Gasteiger partial charge in [-0.1, -0.05) is 47.5 Å². The van der Waals surface area contributed by atoms with Crippen LogP contribution in [0.2, 0.25) is 5.02 Å². The van der Waals surface area contributed by atoms with E-state index in [4.69, 9.17) is 16.3 Å². The minimum Gasteiger partial charge on any atom is -0.497 e. The van der Waals surface area contributed by atoms with Crippen LogP contribution in [0.1, 0.15) is 22.3 Å². The zero-order valence-corrected chi connectivity index (χ0v) is 19.1. The van der Waals surface area contributed by atoms with E-state index in [1.54, 1.807) is 56.5 Å². The number of ether oxygens (including phenoxy) is 1. The van der Waals surface area contributed by atoms with Gasteiger partial charge in [-0.15, -0.1) is 0 Å². The second-order valence-corrected chi connectivity index (χ2v) is 8.16. The summed E-state index contributed by atoms with van der Waals surface area (Å²) in [6.07, 6.45) is 0. The Labute approximate surface area is 192 Å². The number of nitrogens with zero attached hydrogens (tertiary/aromatic N) is 1. The first-order chi connectivity index (χ1) is 15.3. The van der Waals surface area contributed by atoms with Gasteiger partial charge in [0, 0.05) is 10.7 Å². The van der Waals surface area contributed by atoms with Gasteiger partial charge in [-0.3, -0.25) is 9.59 Å². The Morgan fingerprint density at radius 2 is 1.62 bits per heavy atom. The van der Waals surface area contributed by atoms with Gasteiger partial charge in [-0.2, -0.15) is 0 Å². The van der Waals surface area contributed by atoms with E-state index >= 15 is 0 Å². The molecule has 6 heteroatoms. The smallest absolute Gasteiger partial charge is 0.282 e. The van der Waals surface area contributed by atoms with E-state index in [2.05, 4.69) is 5.32 Å². The molecule has 0 saturated carbocycles. The summed E-state index contributed by atoms with van der Waals surface area (Å²) in [4.78, 5) is 28.4. The molecule has 0 spiro atoms. The van der Waals surface area contributed by atoms with Gasteiger partial charge in [-0.05, 0) is 67.8 Å². The highest BCUT2D eigenvalue weighted by atomic mass is 35.5. The van der Waals surface area contributed by atoms with Crippen molar-refractivity contribution in [1.29, 1.82) is 0 Å². The predicted octanol–water partition coefficient (Wildman–Crippen LogP) is 5.67. The first-order valence-corrected chi connectivity index (χ1v) is 10.6. The fourth-order valence-corrected chi connectivity index (χ4v) is 3.99. The lowest BCUT2D eigenvalue weighted by Crippen LogP contribution is -2.33. The molecule has 0 aromatic heterocycles. The molecule has 4 rings (SSSR count). The Kier molecular flexibility index (Phi) is 5.76. The van der Waals surface area contributed by atoms with E-state index in [1.807, 2.05) is 32.0 Å². The molecule has 0 aliphatic carbocycles. The van der Waals surface area contributed by atoms with Crippen molar-refractivity contribution in [2.75, 3.05) is 17.3 Å². The molecule has 0 unspecified atom stereocenters. The number of hydrogen-bond acceptors (Lipinski definition) is 4. The second-order valence-electron chi connectivity index (χ2n) is 7.75. The van der Waals surface area contributed by atoms with Crippen LogP contribution in [0.5, 0.6) is 5.75 Å². The van der Waals surface area contributed by atoms with Gasteiger partial charge < -0.3 is 10.1 Å². The van der Waals surface area contributed by atoms with Crippen molar-refractivity contribution in [3.05, 3.63) is 93.6 Å². The van der Waals surface area contributed by atoms with Crippen molar-refractivity contribution < 1.29 is 14.3 Å². The molecule has 3 aromatic rings. The van der Waals surface area contributed by atoms with E-state index < -0.39 is 11.8 Å². The summed E-state index contributed by atoms with van der Waals surface area (Å²) in [6.45, 7) is 5.76. The lowest BCUT2D eigenvalue weighted by atomic mass is 10.0. The molecule has 32 heavy (non-hydrogen) atoms. The van der Waals surface area contributed by atoms with Crippen LogP contribution >= 0.6 is 11.6 Å². The number of carbonyl (C=O) groups is 2. The van der Waals surface area contributed by atoms with Crippen molar-refractivity contribution in [2.45, 2.75) is 20.8 Å². The summed E-state index contributed by atoms with van der Waals surface area (Å²) in [7, 11) is 1.58. The minimum absolute atomic E-state index is 0.228. The number of amides is 2. The lowest BCUT2D eigenvalue weighted by molar-refractivity contribution is -0.120. The van der Waals surface area contributed by atoms with Crippen LogP contribution in [-0.2, 0) is 9.59 Å². The number of nitrogens with one attached hydrogen (secondary N) is 1. The molecule has 5 nitrogen and oxygen atoms in total. The molecule has 1 N–H and O–H groups in total. The zero-order chi connectivity index (χ0) is 23.0. The largest absolute Gasteiger partial charge is 0.497 e. The van der Waals surface area contributed by atoms with E-state index in [1.165, 1.54) is 4.90 Å². The van der Waals surface area contributed by atoms with Crippen molar-refractivity contribution in [3.8, 4) is 5.75 Å². The van der Waals surface area contributed by atoms with Crippen LogP contribution in [0.4, 0.5) is 11.4 Å². The lowest BCUT2D eigenvalue weighted by Gasteiger charge is -2.18. The highest BCUT2D eigenvalue weighted by molar-refractivity contribution is 6.46. The monoisotopic (exact) mass is 446 g/mol. The van der Waals surface area contributed by atoms with Gasteiger partial charge in [0.15, 0.2) is 0 Å². The molecule has 0 atom stereocenters. The van der Waals surface area contributed by atoms with Crippen LogP contribution in [0.3, 0.4) is 0 Å². The van der Waals surface area contributed by atoms with Crippen LogP contribution < -0.4 is 15.0 Å². The van der Waals surface area contributed by atoms with Crippen LogP contribution in [0.15, 0.2) is 66.4 Å². The molecule has 0 radical (unpaired) electrons. The normalized spacial score (nSPS) is 13.7. The molecular formula is C26H23ClN2O3. The average Bonchev–Trinajstić information content (AvgIpc) is 3.01. The fraction of sp³-hybridized carbons (Fsp3) is 0.154. The molecule has 1 heterocycles. The molecule has 3 aromatic carbocycles. The number of halogens is 1. The first kappa shape index (κ1) is 21.7. The molecule has 1 aliphatic heterocycles. The van der Waals surface area contributed by atoms with Crippen molar-refractivity contribution in [1.82, 2.24) is 0 Å². The van der Waals surface area contributed by atoms with Crippen LogP contribution in [0, 0.1) is 20.8 Å². The van der Waals surface area contributed by atoms with E-state index in [9.17, 15) is 9.59 Å². The Balaban J connectivity index is 1.86. The van der Waals surface area contributed by atoms with Gasteiger partial charge >= 0.3 is 0 Å². The van der Waals surface area contributed by atoms with E-state index in [-0.39, 0.29) is 5.70 Å². The summed E-state index contributed by atoms with van der Waals surface area (Å²) in [5, 5.41) is 3.72. The fourth-order valence-electron chi connectivity index (χ4n) is 3.82. The number of carbonyl (C=O) groups excluding carboxylic acids is 2. The highest BCUT2D eigenvalue weighted by Gasteiger charge is 2.41. The maximum Gasteiger partial charge on any atom is 0.282 e. The Bertz CT molecular complexity index is 1260. The number of hydrogen-bond donors (Lipinski definition) is 1. The average molecular weight is 447 g/mol. The third-order valence-corrected chi connectivity index (χ3v) is 5.99. The maximum atomic E-state index is 13.6. The van der Waals surface area contributed by atoms with Crippen molar-refractivity contribution >= 4 is 40.4 Å². The second kappa shape index (κ2) is 8.52. The highest BCUT2D eigenvalue weighted by Crippen LogP contribution is 2.37. The van der Waals surface area contributed by atoms with Crippen molar-refractivity contribution in [3.63, 3.8) is 0 Å². The third-order valence-electron chi connectivity index (χ3n) is 5.58. The maximum absolute atomic E-state index is 13.6. The molecule has 0 fully saturated rings. The van der Waals surface area contributed by atoms with Gasteiger partial charge in [0.2, 0.25) is 0 Å². The SMILES string of the molecule is COc1ccc(C2=C(Nc3ccc(C)cc3C)C(=O)N(c3cccc(Cl)c3C)C2=O)cc1. The summed E-state index contributed by atoms with van der Waals surface area (Å²) >= 11 is 6.28. The van der Waals surface area contributed by atoms with Crippen LogP contribution in [-0.4, -0.2) is 18.9 Å². The predicted molar refractivity (Wildman–Crippen MR) is 128 cm³/mol. The van der Waals surface area contributed by atoms with Gasteiger partial charge in [0.1, 0.15) is 11.4 Å². The third kappa shape index (κ3) is 3.76. The number of imide groups is 1. The zero-order valence-electron chi connectivity index (χ0n) is 18.3. The molecule has 0 saturated heterocycles. The number of aryl methyl sites for hydroxylation is 2. The first-order valence-electron chi connectivity index (χ1n) is 10.2. The molecule has 2 amide bonds. The van der Waals surface area contributed by atoms with Gasteiger partial charge in [-0.25, -0.2) is 4.90 Å². The summed E-state index contributed by atoms with van der Waals surface area (Å²) in [6, 6.07) is 18.2. The Hall–Kier alpha value is -3.57. The summed E-state index contributed by atoms with van der Waals surface area (Å²) in [5.41, 5.74) is 5.14. The van der Waals surface area contributed by atoms with E-state index in [0.29, 0.717) is 33.2 Å². The molecular weight excluding hydrogens is 424 g/mol. The standard InChI is InChI=1S/C26H23ClN2O3/c1-15-8-13-21(16(2)14-15)28-24-23(18-9-11-19(32-4)12-10-18)25(30)29(26(24)31)22-7-5-6-20(27)17(22)3/h5-14,28H,1-4H3. The van der Waals surface area contributed by atoms with Gasteiger partial charge in [0.25, 0.3) is 11.8 Å². The Morgan fingerprint density at radius 3 is 2.28 bits per heavy atom. The molecule has 0 bridgehead atoms. The van der Waals surface area contributed by atoms with E-state index in [0.717, 1.165) is 16.8 Å². The van der Waals surface area contributed by atoms with Crippen LogP contribution in [0.25, 0.3) is 5.57 Å². The molecule has 1 aliphatic rings. The summed E-state index contributed by atoms with van der Waals surface area (Å²) in [5.74, 6) is -0.165. The quantitative estimate of drug-likeness (QED) is 0.513. The summed E-state index contributed by atoms with van der Waals surface area (Å²) < 4.78 is 5.24. The minimum atomic E-state index is -0.425. The molecule has 162 valence electrons. The number of rotatable bonds is 5. The van der Waals surface area contributed by atoms with Crippen molar-refractivity contribution in [2.24, 2.45) is 0 Å². The van der Waals surface area contributed by atoms with Gasteiger partial charge in [0.05, 0.1) is 18.4 Å².